The van der Waals surface area contributed by atoms with Gasteiger partial charge in [0.05, 0.1) is 6.54 Å². The molecule has 2 rings (SSSR count). The summed E-state index contributed by atoms with van der Waals surface area (Å²) < 4.78 is 2.03. The molecule has 0 spiro atoms. The van der Waals surface area contributed by atoms with E-state index in [0.717, 1.165) is 63.9 Å². The summed E-state index contributed by atoms with van der Waals surface area (Å²) in [4.78, 5) is 9.32. The van der Waals surface area contributed by atoms with E-state index in [4.69, 9.17) is 11.6 Å². The first-order valence-corrected chi connectivity index (χ1v) is 7.74. The van der Waals surface area contributed by atoms with E-state index in [1.807, 2.05) is 4.68 Å². The van der Waals surface area contributed by atoms with Crippen molar-refractivity contribution in [2.45, 2.75) is 32.9 Å². The molecule has 0 unspecified atom stereocenters. The molecule has 0 amide bonds. The molecule has 0 atom stereocenters. The Bertz CT molecular complexity index is 368. The molecule has 0 aliphatic carbocycles. The Morgan fingerprint density at radius 3 is 2.74 bits per heavy atom. The van der Waals surface area contributed by atoms with E-state index in [0.29, 0.717) is 0 Å². The number of hydrogen-bond acceptors (Lipinski definition) is 4. The summed E-state index contributed by atoms with van der Waals surface area (Å²) >= 11 is 5.82. The first-order valence-electron chi connectivity index (χ1n) is 7.21. The van der Waals surface area contributed by atoms with Crippen LogP contribution in [-0.2, 0) is 13.1 Å². The van der Waals surface area contributed by atoms with Crippen LogP contribution in [0.4, 0.5) is 0 Å². The van der Waals surface area contributed by atoms with Gasteiger partial charge < -0.3 is 4.90 Å². The van der Waals surface area contributed by atoms with Crippen LogP contribution in [0.15, 0.2) is 6.33 Å². The second-order valence-electron chi connectivity index (χ2n) is 5.06. The number of rotatable bonds is 6. The van der Waals surface area contributed by atoms with Crippen molar-refractivity contribution in [1.29, 1.82) is 0 Å². The van der Waals surface area contributed by atoms with Gasteiger partial charge in [0.2, 0.25) is 0 Å². The molecule has 0 N–H and O–H groups in total. The van der Waals surface area contributed by atoms with Crippen molar-refractivity contribution in [2.24, 2.45) is 0 Å². The first-order chi connectivity index (χ1) is 9.33. The van der Waals surface area contributed by atoms with Crippen LogP contribution in [0.5, 0.6) is 0 Å². The molecule has 0 bridgehead atoms. The summed E-state index contributed by atoms with van der Waals surface area (Å²) in [7, 11) is 0. The molecule has 0 radical (unpaired) electrons. The van der Waals surface area contributed by atoms with Gasteiger partial charge in [0.15, 0.2) is 0 Å². The number of halogens is 1. The Labute approximate surface area is 120 Å². The van der Waals surface area contributed by atoms with Gasteiger partial charge in [-0.05, 0) is 25.9 Å². The number of alkyl halides is 1. The van der Waals surface area contributed by atoms with Crippen LogP contribution in [0.2, 0.25) is 0 Å². The molecule has 2 heterocycles. The smallest absolute Gasteiger partial charge is 0.141 e. The minimum atomic E-state index is 0.727. The molecule has 1 aliphatic heterocycles. The monoisotopic (exact) mass is 285 g/mol. The summed E-state index contributed by atoms with van der Waals surface area (Å²) in [5.74, 6) is 1.82. The molecule has 0 saturated carbocycles. The lowest BCUT2D eigenvalue weighted by Gasteiger charge is -2.20. The largest absolute Gasteiger partial charge is 0.301 e. The van der Waals surface area contributed by atoms with Crippen molar-refractivity contribution in [3.63, 3.8) is 0 Å². The highest BCUT2D eigenvalue weighted by Gasteiger charge is 2.16. The SMILES string of the molecule is CCCn1ncnc1CN1CCCN(CCCl)CC1. The summed E-state index contributed by atoms with van der Waals surface area (Å²) in [5.41, 5.74) is 0. The lowest BCUT2D eigenvalue weighted by Crippen LogP contribution is -2.32. The van der Waals surface area contributed by atoms with Gasteiger partial charge in [-0.15, -0.1) is 11.6 Å². The van der Waals surface area contributed by atoms with Gasteiger partial charge >= 0.3 is 0 Å². The molecular weight excluding hydrogens is 262 g/mol. The van der Waals surface area contributed by atoms with Gasteiger partial charge in [-0.1, -0.05) is 6.92 Å². The highest BCUT2D eigenvalue weighted by atomic mass is 35.5. The first kappa shape index (κ1) is 14.8. The van der Waals surface area contributed by atoms with E-state index in [1.165, 1.54) is 6.42 Å². The Balaban J connectivity index is 1.86. The molecule has 19 heavy (non-hydrogen) atoms. The van der Waals surface area contributed by atoms with Crippen molar-refractivity contribution < 1.29 is 0 Å². The van der Waals surface area contributed by atoms with Crippen molar-refractivity contribution in [3.05, 3.63) is 12.2 Å². The Hall–Kier alpha value is -0.650. The standard InChI is InChI=1S/C13H24ClN5/c1-2-5-19-13(15-12-16-19)11-18-7-3-6-17(8-4-14)9-10-18/h12H,2-11H2,1H3. The summed E-state index contributed by atoms with van der Waals surface area (Å²) in [6.07, 6.45) is 3.97. The van der Waals surface area contributed by atoms with Crippen LogP contribution in [0.1, 0.15) is 25.6 Å². The Kier molecular flexibility index (Phi) is 6.07. The minimum absolute atomic E-state index is 0.727. The molecular formula is C13H24ClN5. The van der Waals surface area contributed by atoms with Crippen molar-refractivity contribution in [2.75, 3.05) is 38.6 Å². The summed E-state index contributed by atoms with van der Waals surface area (Å²) in [6.45, 7) is 9.53. The zero-order valence-electron chi connectivity index (χ0n) is 11.8. The van der Waals surface area contributed by atoms with Crippen LogP contribution in [0.25, 0.3) is 0 Å². The van der Waals surface area contributed by atoms with Gasteiger partial charge in [0.25, 0.3) is 0 Å². The predicted octanol–water partition coefficient (Wildman–Crippen LogP) is 1.43. The zero-order valence-corrected chi connectivity index (χ0v) is 12.5. The van der Waals surface area contributed by atoms with Crippen LogP contribution < -0.4 is 0 Å². The maximum Gasteiger partial charge on any atom is 0.141 e. The lowest BCUT2D eigenvalue weighted by atomic mass is 10.3. The van der Waals surface area contributed by atoms with Gasteiger partial charge in [0, 0.05) is 32.1 Å². The second-order valence-corrected chi connectivity index (χ2v) is 5.44. The lowest BCUT2D eigenvalue weighted by molar-refractivity contribution is 0.249. The third kappa shape index (κ3) is 4.44. The molecule has 108 valence electrons. The molecule has 1 aromatic rings. The molecule has 1 saturated heterocycles. The average Bonchev–Trinajstić information content (AvgIpc) is 2.70. The maximum absolute atomic E-state index is 5.82. The maximum atomic E-state index is 5.82. The Morgan fingerprint density at radius 1 is 1.16 bits per heavy atom. The van der Waals surface area contributed by atoms with E-state index < -0.39 is 0 Å². The van der Waals surface area contributed by atoms with Gasteiger partial charge in [-0.2, -0.15) is 5.10 Å². The summed E-state index contributed by atoms with van der Waals surface area (Å²) in [5, 5.41) is 4.29. The second kappa shape index (κ2) is 7.82. The molecule has 0 aromatic carbocycles. The average molecular weight is 286 g/mol. The fourth-order valence-corrected chi connectivity index (χ4v) is 2.77. The minimum Gasteiger partial charge on any atom is -0.301 e. The zero-order chi connectivity index (χ0) is 13.5. The van der Waals surface area contributed by atoms with E-state index >= 15 is 0 Å². The van der Waals surface area contributed by atoms with Crippen LogP contribution >= 0.6 is 11.6 Å². The topological polar surface area (TPSA) is 37.2 Å². The van der Waals surface area contributed by atoms with Crippen molar-refractivity contribution in [3.8, 4) is 0 Å². The van der Waals surface area contributed by atoms with Crippen molar-refractivity contribution in [1.82, 2.24) is 24.6 Å². The molecule has 5 nitrogen and oxygen atoms in total. The summed E-state index contributed by atoms with van der Waals surface area (Å²) in [6, 6.07) is 0. The molecule has 1 fully saturated rings. The van der Waals surface area contributed by atoms with Gasteiger partial charge in [0.1, 0.15) is 12.2 Å². The number of aromatic nitrogens is 3. The number of aryl methyl sites for hydroxylation is 1. The normalized spacial score (nSPS) is 18.6. The van der Waals surface area contributed by atoms with E-state index in [9.17, 15) is 0 Å². The van der Waals surface area contributed by atoms with Gasteiger partial charge in [-0.3, -0.25) is 4.90 Å². The quantitative estimate of drug-likeness (QED) is 0.741. The predicted molar refractivity (Wildman–Crippen MR) is 77.4 cm³/mol. The van der Waals surface area contributed by atoms with Crippen LogP contribution in [0, 0.1) is 0 Å². The third-order valence-corrected chi connectivity index (χ3v) is 3.75. The fourth-order valence-electron chi connectivity index (χ4n) is 2.53. The molecule has 1 aromatic heterocycles. The van der Waals surface area contributed by atoms with E-state index in [2.05, 4.69) is 26.8 Å². The van der Waals surface area contributed by atoms with E-state index in [1.54, 1.807) is 6.33 Å². The van der Waals surface area contributed by atoms with Crippen molar-refractivity contribution >= 4 is 11.6 Å². The highest BCUT2D eigenvalue weighted by Crippen LogP contribution is 2.07. The Morgan fingerprint density at radius 2 is 1.95 bits per heavy atom. The fraction of sp³-hybridized carbons (Fsp3) is 0.846. The third-order valence-electron chi connectivity index (χ3n) is 3.58. The highest BCUT2D eigenvalue weighted by molar-refractivity contribution is 6.18. The van der Waals surface area contributed by atoms with Crippen LogP contribution in [0.3, 0.4) is 0 Å². The number of nitrogens with zero attached hydrogens (tertiary/aromatic N) is 5. The van der Waals surface area contributed by atoms with E-state index in [-0.39, 0.29) is 0 Å². The number of hydrogen-bond donors (Lipinski definition) is 0. The molecule has 1 aliphatic rings. The molecule has 6 heteroatoms. The van der Waals surface area contributed by atoms with Crippen LogP contribution in [-0.4, -0.2) is 63.2 Å². The van der Waals surface area contributed by atoms with Gasteiger partial charge in [-0.25, -0.2) is 9.67 Å².